The summed E-state index contributed by atoms with van der Waals surface area (Å²) in [6.07, 6.45) is 0.835. The van der Waals surface area contributed by atoms with Crippen LogP contribution in [0.15, 0.2) is 33.9 Å². The Morgan fingerprint density at radius 2 is 1.92 bits per heavy atom. The Kier molecular flexibility index (Phi) is 7.55. The smallest absolute Gasteiger partial charge is 0.356 e. The van der Waals surface area contributed by atoms with Crippen LogP contribution < -0.4 is 32.1 Å². The quantitative estimate of drug-likeness (QED) is 0.132. The number of rotatable bonds is 6. The van der Waals surface area contributed by atoms with Crippen molar-refractivity contribution in [1.82, 2.24) is 24.6 Å². The molecule has 0 aliphatic carbocycles. The molecular formula is C23H21ClN8O7. The summed E-state index contributed by atoms with van der Waals surface area (Å²) in [7, 11) is 1.11. The van der Waals surface area contributed by atoms with E-state index >= 15 is 0 Å². The number of carboxylic acids is 1. The van der Waals surface area contributed by atoms with Gasteiger partial charge in [0.05, 0.1) is 7.11 Å². The van der Waals surface area contributed by atoms with E-state index in [4.69, 9.17) is 28.4 Å². The number of esters is 1. The number of fused-ring (bicyclic) bond motifs is 2. The summed E-state index contributed by atoms with van der Waals surface area (Å²) in [5, 5.41) is 15.9. The Balaban J connectivity index is 0.000000181. The minimum absolute atomic E-state index is 0.0945. The molecular weight excluding hydrogens is 536 g/mol. The second kappa shape index (κ2) is 10.8. The van der Waals surface area contributed by atoms with Gasteiger partial charge in [0.15, 0.2) is 22.7 Å². The van der Waals surface area contributed by atoms with Crippen molar-refractivity contribution >= 4 is 46.6 Å². The number of carbonyl (C=O) groups excluding carboxylic acids is 2. The predicted octanol–water partition coefficient (Wildman–Crippen LogP) is -0.621. The molecule has 1 aliphatic heterocycles. The van der Waals surface area contributed by atoms with Crippen LogP contribution in [0.4, 0.5) is 11.4 Å². The number of primary amides is 1. The first-order valence-electron chi connectivity index (χ1n) is 11.2. The third-order valence-electron chi connectivity index (χ3n) is 6.01. The first kappa shape index (κ1) is 27.2. The molecule has 39 heavy (non-hydrogen) atoms. The Morgan fingerprint density at radius 3 is 2.54 bits per heavy atom. The summed E-state index contributed by atoms with van der Waals surface area (Å²) < 4.78 is 5.37. The van der Waals surface area contributed by atoms with Gasteiger partial charge in [-0.25, -0.2) is 19.4 Å². The van der Waals surface area contributed by atoms with E-state index in [9.17, 15) is 24.0 Å². The molecule has 0 bridgehead atoms. The van der Waals surface area contributed by atoms with E-state index in [2.05, 4.69) is 37.0 Å². The van der Waals surface area contributed by atoms with Gasteiger partial charge in [-0.05, 0) is 34.9 Å². The Labute approximate surface area is 223 Å². The van der Waals surface area contributed by atoms with Gasteiger partial charge in [0.1, 0.15) is 11.4 Å². The maximum atomic E-state index is 11.6. The molecule has 3 heterocycles. The number of nitrogens with one attached hydrogen (secondary N) is 1. The molecule has 0 unspecified atom stereocenters. The number of amides is 1. The number of ether oxygens (including phenoxy) is 1. The number of nitrogen functional groups attached to an aromatic ring is 1. The maximum absolute atomic E-state index is 11.6. The summed E-state index contributed by atoms with van der Waals surface area (Å²) in [4.78, 5) is 64.5. The fourth-order valence-corrected chi connectivity index (χ4v) is 4.25. The van der Waals surface area contributed by atoms with Gasteiger partial charge < -0.3 is 26.2 Å². The molecule has 0 saturated carbocycles. The summed E-state index contributed by atoms with van der Waals surface area (Å²) in [6, 6.07) is 7.15. The standard InChI is InChI=1S/C14H14ClN3O2.C9H7N5O5/c15-17-6-8-1-2-9-3-4-18(7-10(9)5-8)12-11(16)13(19)14(12)20;1-19-9(18)4-2-3(8(16)17)11-7-5(6(10)15)12-13-14(4)7/h1-2,5,17H,3-4,6-7,16H2;2H,1H3,(H2,10,15)(H,16,17). The zero-order valence-corrected chi connectivity index (χ0v) is 21.1. The molecule has 4 aromatic rings. The van der Waals surface area contributed by atoms with E-state index in [1.165, 1.54) is 5.56 Å². The van der Waals surface area contributed by atoms with Crippen molar-refractivity contribution in [2.45, 2.75) is 19.5 Å². The number of benzene rings is 1. The number of carbonyl (C=O) groups is 3. The lowest BCUT2D eigenvalue weighted by Crippen LogP contribution is -2.44. The monoisotopic (exact) mass is 556 g/mol. The van der Waals surface area contributed by atoms with E-state index in [0.29, 0.717) is 25.3 Å². The Hall–Kier alpha value is -4.89. The minimum atomic E-state index is -1.38. The highest BCUT2D eigenvalue weighted by molar-refractivity contribution is 6.13. The van der Waals surface area contributed by atoms with Crippen molar-refractivity contribution in [3.8, 4) is 0 Å². The van der Waals surface area contributed by atoms with Gasteiger partial charge in [0, 0.05) is 25.7 Å². The Morgan fingerprint density at radius 1 is 1.18 bits per heavy atom. The molecule has 15 nitrogen and oxygen atoms in total. The molecule has 16 heteroatoms. The van der Waals surface area contributed by atoms with Gasteiger partial charge in [0.25, 0.3) is 16.8 Å². The lowest BCUT2D eigenvalue weighted by atomic mass is 9.96. The molecule has 1 amide bonds. The van der Waals surface area contributed by atoms with Gasteiger partial charge >= 0.3 is 11.9 Å². The van der Waals surface area contributed by atoms with Crippen LogP contribution in [0, 0.1) is 0 Å². The number of aromatic nitrogens is 4. The van der Waals surface area contributed by atoms with Crippen LogP contribution in [-0.4, -0.2) is 56.4 Å². The van der Waals surface area contributed by atoms with E-state index in [0.717, 1.165) is 35.2 Å². The zero-order chi connectivity index (χ0) is 28.4. The van der Waals surface area contributed by atoms with E-state index in [1.54, 1.807) is 0 Å². The number of nitrogens with zero attached hydrogens (tertiary/aromatic N) is 5. The average molecular weight is 557 g/mol. The van der Waals surface area contributed by atoms with Gasteiger partial charge in [-0.3, -0.25) is 14.4 Å². The molecule has 0 fully saturated rings. The van der Waals surface area contributed by atoms with Gasteiger partial charge in [0.2, 0.25) is 0 Å². The van der Waals surface area contributed by atoms with Crippen LogP contribution in [-0.2, 0) is 24.2 Å². The van der Waals surface area contributed by atoms with Crippen LogP contribution in [0.1, 0.15) is 48.2 Å². The molecule has 5 rings (SSSR count). The SMILES string of the molecule is COC(=O)c1cc(C(=O)O)nc2c(C(N)=O)nnn12.Nc1c(N2CCc3ccc(CNCl)cc3C2)c(=O)c1=O. The zero-order valence-electron chi connectivity index (χ0n) is 20.3. The molecule has 6 N–H and O–H groups in total. The van der Waals surface area contributed by atoms with Crippen molar-refractivity contribution in [2.75, 3.05) is 24.3 Å². The number of methoxy groups -OCH3 is 1. The largest absolute Gasteiger partial charge is 0.477 e. The third-order valence-corrected chi connectivity index (χ3v) is 6.15. The van der Waals surface area contributed by atoms with Crippen LogP contribution in [0.2, 0.25) is 0 Å². The summed E-state index contributed by atoms with van der Waals surface area (Å²) >= 11 is 5.52. The Bertz CT molecular complexity index is 1690. The van der Waals surface area contributed by atoms with Crippen molar-refractivity contribution in [1.29, 1.82) is 0 Å². The normalized spacial score (nSPS) is 12.5. The maximum Gasteiger partial charge on any atom is 0.356 e. The van der Waals surface area contributed by atoms with Crippen molar-refractivity contribution in [3.63, 3.8) is 0 Å². The second-order valence-electron chi connectivity index (χ2n) is 8.37. The molecule has 202 valence electrons. The number of aromatic carboxylic acids is 1. The molecule has 0 spiro atoms. The minimum Gasteiger partial charge on any atom is -0.477 e. The van der Waals surface area contributed by atoms with Crippen LogP contribution in [0.25, 0.3) is 5.65 Å². The fourth-order valence-electron chi connectivity index (χ4n) is 4.09. The number of anilines is 2. The topological polar surface area (TPSA) is 225 Å². The first-order chi connectivity index (χ1) is 18.6. The van der Waals surface area contributed by atoms with Crippen molar-refractivity contribution in [2.24, 2.45) is 5.73 Å². The predicted molar refractivity (Wildman–Crippen MR) is 137 cm³/mol. The van der Waals surface area contributed by atoms with Gasteiger partial charge in [-0.1, -0.05) is 23.4 Å². The highest BCUT2D eigenvalue weighted by atomic mass is 35.5. The van der Waals surface area contributed by atoms with Crippen molar-refractivity contribution in [3.05, 3.63) is 78.5 Å². The summed E-state index contributed by atoms with van der Waals surface area (Å²) in [5.74, 6) is -3.18. The molecule has 2 aromatic carbocycles. The highest BCUT2D eigenvalue weighted by Crippen LogP contribution is 2.26. The lowest BCUT2D eigenvalue weighted by molar-refractivity contribution is 0.0590. The number of hydrogen-bond acceptors (Lipinski definition) is 12. The molecule has 0 radical (unpaired) electrons. The first-order valence-corrected chi connectivity index (χ1v) is 11.6. The summed E-state index contributed by atoms with van der Waals surface area (Å²) in [5.41, 5.74) is 12.3. The van der Waals surface area contributed by atoms with E-state index in [-0.39, 0.29) is 22.7 Å². The average Bonchev–Trinajstić information content (AvgIpc) is 3.37. The van der Waals surface area contributed by atoms with Crippen LogP contribution >= 0.6 is 11.8 Å². The van der Waals surface area contributed by atoms with E-state index in [1.807, 2.05) is 11.0 Å². The summed E-state index contributed by atoms with van der Waals surface area (Å²) in [6.45, 7) is 1.88. The lowest BCUT2D eigenvalue weighted by Gasteiger charge is -2.31. The van der Waals surface area contributed by atoms with E-state index < -0.39 is 34.4 Å². The number of nitrogens with two attached hydrogens (primary N) is 2. The van der Waals surface area contributed by atoms with Gasteiger partial charge in [-0.2, -0.15) is 4.52 Å². The molecule has 0 saturated heterocycles. The van der Waals surface area contributed by atoms with Crippen molar-refractivity contribution < 1.29 is 24.2 Å². The fraction of sp³-hybridized carbons (Fsp3) is 0.217. The second-order valence-corrected chi connectivity index (χ2v) is 8.63. The molecule has 0 atom stereocenters. The molecule has 2 aromatic heterocycles. The third kappa shape index (κ3) is 5.12. The number of hydrogen-bond donors (Lipinski definition) is 4. The van der Waals surface area contributed by atoms with Crippen LogP contribution in [0.5, 0.6) is 0 Å². The number of halogens is 1. The van der Waals surface area contributed by atoms with Gasteiger partial charge in [-0.15, -0.1) is 5.10 Å². The van der Waals surface area contributed by atoms with Crippen LogP contribution in [0.3, 0.4) is 0 Å². The number of carboxylic acid groups (broad SMARTS) is 1. The molecule has 1 aliphatic rings. The highest BCUT2D eigenvalue weighted by Gasteiger charge is 2.27.